The maximum Gasteiger partial charge on any atom is 0.220 e. The predicted molar refractivity (Wildman–Crippen MR) is 69.8 cm³/mol. The highest BCUT2D eigenvalue weighted by atomic mass is 16.1. The fraction of sp³-hybridized carbons (Fsp3) is 0.929. The molecule has 0 spiro atoms. The van der Waals surface area contributed by atoms with Crippen molar-refractivity contribution in [1.82, 2.24) is 10.6 Å². The van der Waals surface area contributed by atoms with Crippen LogP contribution in [0.25, 0.3) is 0 Å². The third-order valence-electron chi connectivity index (χ3n) is 4.19. The third kappa shape index (κ3) is 4.66. The van der Waals surface area contributed by atoms with E-state index in [-0.39, 0.29) is 5.91 Å². The highest BCUT2D eigenvalue weighted by Gasteiger charge is 2.17. The van der Waals surface area contributed by atoms with Crippen LogP contribution in [0.3, 0.4) is 0 Å². The van der Waals surface area contributed by atoms with Crippen molar-refractivity contribution in [1.29, 1.82) is 0 Å². The van der Waals surface area contributed by atoms with Crippen molar-refractivity contribution in [3.8, 4) is 0 Å². The van der Waals surface area contributed by atoms with E-state index in [1.807, 2.05) is 0 Å². The molecule has 2 rings (SSSR count). The zero-order chi connectivity index (χ0) is 11.9. The van der Waals surface area contributed by atoms with Gasteiger partial charge in [0.2, 0.25) is 5.91 Å². The first-order valence-electron chi connectivity index (χ1n) is 7.34. The minimum absolute atomic E-state index is 0.254. The number of amides is 1. The monoisotopic (exact) mass is 238 g/mol. The lowest BCUT2D eigenvalue weighted by atomic mass is 9.89. The number of hydrogen-bond donors (Lipinski definition) is 2. The maximum absolute atomic E-state index is 11.7. The molecule has 0 aromatic heterocycles. The van der Waals surface area contributed by atoms with Gasteiger partial charge in [-0.05, 0) is 44.6 Å². The van der Waals surface area contributed by atoms with Gasteiger partial charge in [0.1, 0.15) is 0 Å². The Balaban J connectivity index is 1.53. The lowest BCUT2D eigenvalue weighted by Gasteiger charge is -2.21. The molecule has 2 fully saturated rings. The lowest BCUT2D eigenvalue weighted by molar-refractivity contribution is -0.121. The van der Waals surface area contributed by atoms with Gasteiger partial charge in [-0.3, -0.25) is 4.79 Å². The van der Waals surface area contributed by atoms with Gasteiger partial charge < -0.3 is 10.6 Å². The summed E-state index contributed by atoms with van der Waals surface area (Å²) in [5.41, 5.74) is 0. The van der Waals surface area contributed by atoms with E-state index < -0.39 is 0 Å². The zero-order valence-corrected chi connectivity index (χ0v) is 10.8. The molecule has 3 nitrogen and oxygen atoms in total. The van der Waals surface area contributed by atoms with Gasteiger partial charge in [-0.2, -0.15) is 0 Å². The van der Waals surface area contributed by atoms with Crippen molar-refractivity contribution in [2.24, 2.45) is 5.92 Å². The van der Waals surface area contributed by atoms with Gasteiger partial charge in [-0.15, -0.1) is 0 Å². The van der Waals surface area contributed by atoms with Gasteiger partial charge >= 0.3 is 0 Å². The Labute approximate surface area is 105 Å². The molecule has 0 radical (unpaired) electrons. The van der Waals surface area contributed by atoms with Gasteiger partial charge in [0.25, 0.3) is 0 Å². The molecule has 1 atom stereocenters. The first-order valence-corrected chi connectivity index (χ1v) is 7.34. The summed E-state index contributed by atoms with van der Waals surface area (Å²) in [4.78, 5) is 11.7. The second-order valence-corrected chi connectivity index (χ2v) is 5.64. The Kier molecular flexibility index (Phi) is 5.30. The van der Waals surface area contributed by atoms with E-state index in [0.717, 1.165) is 25.4 Å². The van der Waals surface area contributed by atoms with Crippen LogP contribution in [0.2, 0.25) is 0 Å². The van der Waals surface area contributed by atoms with E-state index in [1.54, 1.807) is 0 Å². The van der Waals surface area contributed by atoms with Crippen LogP contribution in [-0.2, 0) is 4.79 Å². The average Bonchev–Trinajstić information content (AvgIpc) is 2.88. The second kappa shape index (κ2) is 7.00. The summed E-state index contributed by atoms with van der Waals surface area (Å²) in [6.45, 7) is 2.05. The molecule has 1 amide bonds. The normalized spacial score (nSPS) is 26.0. The SMILES string of the molecule is O=C(CCC1CCCN1)NCC1CCCCC1. The average molecular weight is 238 g/mol. The van der Waals surface area contributed by atoms with Crippen molar-refractivity contribution in [3.05, 3.63) is 0 Å². The molecule has 0 aromatic rings. The van der Waals surface area contributed by atoms with Crippen LogP contribution in [-0.4, -0.2) is 25.0 Å². The number of rotatable bonds is 5. The molecule has 1 aliphatic heterocycles. The molecule has 3 heteroatoms. The van der Waals surface area contributed by atoms with Crippen molar-refractivity contribution < 1.29 is 4.79 Å². The number of hydrogen-bond acceptors (Lipinski definition) is 2. The first kappa shape index (κ1) is 12.9. The quantitative estimate of drug-likeness (QED) is 0.771. The van der Waals surface area contributed by atoms with E-state index in [0.29, 0.717) is 12.5 Å². The molecule has 1 saturated heterocycles. The molecule has 2 aliphatic rings. The smallest absolute Gasteiger partial charge is 0.220 e. The molecular formula is C14H26N2O. The summed E-state index contributed by atoms with van der Waals surface area (Å²) in [5, 5.41) is 6.55. The predicted octanol–water partition coefficient (Wildman–Crippen LogP) is 2.22. The first-order chi connectivity index (χ1) is 8.34. The Hall–Kier alpha value is -0.570. The summed E-state index contributed by atoms with van der Waals surface area (Å²) in [7, 11) is 0. The van der Waals surface area contributed by atoms with Crippen LogP contribution in [0.4, 0.5) is 0 Å². The van der Waals surface area contributed by atoms with Gasteiger partial charge in [-0.1, -0.05) is 19.3 Å². The van der Waals surface area contributed by atoms with Gasteiger partial charge in [0.05, 0.1) is 0 Å². The highest BCUT2D eigenvalue weighted by Crippen LogP contribution is 2.22. The minimum Gasteiger partial charge on any atom is -0.356 e. The fourth-order valence-corrected chi connectivity index (χ4v) is 3.05. The van der Waals surface area contributed by atoms with Crippen molar-refractivity contribution >= 4 is 5.91 Å². The fourth-order valence-electron chi connectivity index (χ4n) is 3.05. The second-order valence-electron chi connectivity index (χ2n) is 5.64. The van der Waals surface area contributed by atoms with E-state index >= 15 is 0 Å². The molecule has 1 aliphatic carbocycles. The van der Waals surface area contributed by atoms with Gasteiger partial charge in [0.15, 0.2) is 0 Å². The van der Waals surface area contributed by atoms with Gasteiger partial charge in [-0.25, -0.2) is 0 Å². The summed E-state index contributed by atoms with van der Waals surface area (Å²) < 4.78 is 0. The van der Waals surface area contributed by atoms with Crippen molar-refractivity contribution in [2.75, 3.05) is 13.1 Å². The highest BCUT2D eigenvalue weighted by molar-refractivity contribution is 5.75. The summed E-state index contributed by atoms with van der Waals surface area (Å²) in [6.07, 6.45) is 10.9. The van der Waals surface area contributed by atoms with Crippen molar-refractivity contribution in [3.63, 3.8) is 0 Å². The summed E-state index contributed by atoms with van der Waals surface area (Å²) >= 11 is 0. The topological polar surface area (TPSA) is 41.1 Å². The van der Waals surface area contributed by atoms with E-state index in [1.165, 1.54) is 44.9 Å². The largest absolute Gasteiger partial charge is 0.356 e. The van der Waals surface area contributed by atoms with Crippen LogP contribution in [0.1, 0.15) is 57.8 Å². The summed E-state index contributed by atoms with van der Waals surface area (Å²) in [5.74, 6) is 1.00. The lowest BCUT2D eigenvalue weighted by Crippen LogP contribution is -2.31. The standard InChI is InChI=1S/C14H26N2O/c17-14(9-8-13-7-4-10-15-13)16-11-12-5-2-1-3-6-12/h12-13,15H,1-11H2,(H,16,17). The van der Waals surface area contributed by atoms with Gasteiger partial charge in [0, 0.05) is 19.0 Å². The van der Waals surface area contributed by atoms with Crippen LogP contribution in [0.15, 0.2) is 0 Å². The third-order valence-corrected chi connectivity index (χ3v) is 4.19. The Morgan fingerprint density at radius 3 is 2.65 bits per heavy atom. The Bertz CT molecular complexity index is 230. The molecule has 98 valence electrons. The van der Waals surface area contributed by atoms with E-state index in [9.17, 15) is 4.79 Å². The Morgan fingerprint density at radius 2 is 1.94 bits per heavy atom. The van der Waals surface area contributed by atoms with Crippen LogP contribution in [0.5, 0.6) is 0 Å². The maximum atomic E-state index is 11.7. The number of carbonyl (C=O) groups is 1. The summed E-state index contributed by atoms with van der Waals surface area (Å²) in [6, 6.07) is 0.593. The molecule has 0 aromatic carbocycles. The van der Waals surface area contributed by atoms with Crippen molar-refractivity contribution in [2.45, 2.75) is 63.8 Å². The van der Waals surface area contributed by atoms with Crippen LogP contribution >= 0.6 is 0 Å². The Morgan fingerprint density at radius 1 is 1.12 bits per heavy atom. The van der Waals surface area contributed by atoms with Crippen LogP contribution < -0.4 is 10.6 Å². The molecule has 2 N–H and O–H groups in total. The molecule has 0 bridgehead atoms. The minimum atomic E-state index is 0.254. The van der Waals surface area contributed by atoms with E-state index in [4.69, 9.17) is 0 Å². The van der Waals surface area contributed by atoms with Crippen LogP contribution in [0, 0.1) is 5.92 Å². The molecule has 1 unspecified atom stereocenters. The number of carbonyl (C=O) groups excluding carboxylic acids is 1. The van der Waals surface area contributed by atoms with E-state index in [2.05, 4.69) is 10.6 Å². The molecule has 1 heterocycles. The molecule has 17 heavy (non-hydrogen) atoms. The molecular weight excluding hydrogens is 212 g/mol. The number of nitrogens with one attached hydrogen (secondary N) is 2. The zero-order valence-electron chi connectivity index (χ0n) is 10.8. The molecule has 1 saturated carbocycles.